The first-order valence-corrected chi connectivity index (χ1v) is 63.6. The molecule has 5 aliphatic rings. The second-order valence-electron chi connectivity index (χ2n) is 42.7. The third-order valence-corrected chi connectivity index (χ3v) is 33.3. The van der Waals surface area contributed by atoms with Crippen molar-refractivity contribution >= 4 is 71.7 Å². The van der Waals surface area contributed by atoms with Crippen molar-refractivity contribution in [1.29, 1.82) is 0 Å². The molecule has 5 fully saturated rings. The summed E-state index contributed by atoms with van der Waals surface area (Å²) in [5.74, 6) is 1.07. The van der Waals surface area contributed by atoms with Gasteiger partial charge >= 0.3 is 27.5 Å². The number of benzene rings is 1. The van der Waals surface area contributed by atoms with E-state index in [9.17, 15) is 70.6 Å². The van der Waals surface area contributed by atoms with Crippen LogP contribution in [0.1, 0.15) is 349 Å². The van der Waals surface area contributed by atoms with Crippen LogP contribution in [0, 0.1) is 29.6 Å². The number of carbonyl (C=O) groups is 2. The molecule has 5 N–H and O–H groups in total. The molecule has 792 valence electrons. The van der Waals surface area contributed by atoms with Crippen LogP contribution in [0.3, 0.4) is 0 Å². The zero-order chi connectivity index (χ0) is 103. The average molecular weight is 2070 g/mol. The normalized spacial score (nSPS) is 19.6. The number of ether oxygens (including phenoxy) is 12. The van der Waals surface area contributed by atoms with E-state index in [0.717, 1.165) is 31.2 Å². The van der Waals surface area contributed by atoms with Crippen molar-refractivity contribution in [2.75, 3.05) is 101 Å². The summed E-state index contributed by atoms with van der Waals surface area (Å²) in [5, 5.41) is 0. The van der Waals surface area contributed by atoms with Gasteiger partial charge < -0.3 is 94.9 Å². The van der Waals surface area contributed by atoms with Crippen LogP contribution in [0.2, 0.25) is 0 Å². The lowest BCUT2D eigenvalue weighted by atomic mass is 9.87. The lowest BCUT2D eigenvalue weighted by Crippen LogP contribution is -2.32. The maximum absolute atomic E-state index is 12.7. The van der Waals surface area contributed by atoms with Crippen molar-refractivity contribution in [3.63, 3.8) is 0 Å². The van der Waals surface area contributed by atoms with Crippen LogP contribution in [-0.2, 0) is 122 Å². The summed E-state index contributed by atoms with van der Waals surface area (Å²) in [4.78, 5) is 70.7. The largest absolute Gasteiger partial charge is 0.511 e. The number of hydrogen-bond acceptors (Lipinski definition) is 27. The molecular formula is C93H188O32P8. The maximum Gasteiger partial charge on any atom is 0.511 e. The summed E-state index contributed by atoms with van der Waals surface area (Å²) in [6.45, 7) is 59.3. The molecule has 40 heteroatoms. The monoisotopic (exact) mass is 2070 g/mol. The van der Waals surface area contributed by atoms with Crippen LogP contribution >= 0.6 is 59.4 Å². The third-order valence-electron chi connectivity index (χ3n) is 19.4. The standard InChI is InChI=1S/2C13H27O3P.C12H25O7P.C12H25O3P.C11H23O7P.C11H23O3P.C11H17O3P.C10H21O3P/c1-5-16-17(14,11-15-13(2,3)4)10-12-8-6-7-9-12;1-4-16-17(14,11-15-12(2)3)10-13-8-6-5-7-9-13;1-9(2)17-10(13)18-12(6,7)19-20(14,15)8-16-11(3,4)5;1-5-15-16(13,9-11-7-6-8-11)10-14-12(2,3)4;1-8(2)16-10(12)17-9(3)18-19(13,14)7-15-11(4,5)6;1-11(2,3)14-9-15(12,13)8-10-6-4-5-7-10;1-10(2)14-9-15(12,13)8-11-6-4-3-5-7-11;1-10(2,3)13-8-14(11,12)7-9-5-4-6-9/h12H,5-11H2,1-4H3;12-13H,4-11H2,1-3H3;9H,8H2,1-7H3,(H,14,15);11H,5-10H2,1-4H3;8-9H,7H2,1-6H3,(H,13,14);10H,4-9H2,1-3H3,(H,12,13);3-7,10H,8-9H2,1-2H3,(H,12,13);9H,4-8H2,1-3H3,(H,11,12). The van der Waals surface area contributed by atoms with E-state index in [1.54, 1.807) is 69.2 Å². The summed E-state index contributed by atoms with van der Waals surface area (Å²) < 4.78 is 185. The maximum atomic E-state index is 12.7. The first kappa shape index (κ1) is 134. The molecule has 0 radical (unpaired) electrons. The Balaban J connectivity index is 0. The molecule has 0 spiro atoms. The van der Waals surface area contributed by atoms with Crippen molar-refractivity contribution < 1.29 is 150 Å². The SMILES string of the molecule is CC(C)(C)OCP(=O)(O)CC1CCC1.CC(C)(C)OCP(=O)(O)CC1CCCC1.CC(C)OC(=O)OC(C)(C)OP(=O)(O)COC(C)(C)C.CC(C)OC(=O)OC(C)OP(=O)(O)COC(C)(C)C.CC(C)OCP(=O)(O)Cc1ccccc1.CCOP(=O)(COC(C)(C)C)CC1CCC1.CCOP(=O)(COC(C)(C)C)CC1CCCC1.CCOP(=O)(COC(C)C)CC1CCCCC1. The molecule has 133 heavy (non-hydrogen) atoms. The van der Waals surface area contributed by atoms with Crippen molar-refractivity contribution in [3.05, 3.63) is 35.9 Å². The Kier molecular flexibility index (Phi) is 64.3. The van der Waals surface area contributed by atoms with E-state index in [1.165, 1.54) is 117 Å². The van der Waals surface area contributed by atoms with E-state index in [-0.39, 0.29) is 91.1 Å². The van der Waals surface area contributed by atoms with Gasteiger partial charge in [-0.2, -0.15) is 0 Å². The Labute approximate surface area is 804 Å². The highest BCUT2D eigenvalue weighted by Gasteiger charge is 2.39. The number of carbonyl (C=O) groups excluding carboxylic acids is 2. The van der Waals surface area contributed by atoms with E-state index >= 15 is 0 Å². The minimum absolute atomic E-state index is 0.00694. The molecule has 5 saturated carbocycles. The van der Waals surface area contributed by atoms with Gasteiger partial charge in [-0.1, -0.05) is 88.1 Å². The fraction of sp³-hybridized carbons (Fsp3) is 0.914. The molecule has 9 unspecified atom stereocenters. The Morgan fingerprint density at radius 2 is 0.617 bits per heavy atom. The van der Waals surface area contributed by atoms with Crippen molar-refractivity contribution in [2.45, 2.75) is 420 Å². The Morgan fingerprint density at radius 1 is 0.331 bits per heavy atom. The molecule has 32 nitrogen and oxygen atoms in total. The summed E-state index contributed by atoms with van der Waals surface area (Å²) in [6, 6.07) is 9.30. The van der Waals surface area contributed by atoms with Crippen LogP contribution in [0.5, 0.6) is 0 Å². The second-order valence-corrected chi connectivity index (χ2v) is 60.6. The van der Waals surface area contributed by atoms with Crippen molar-refractivity contribution in [2.24, 2.45) is 29.6 Å². The Hall–Kier alpha value is -1.12. The molecular weight excluding hydrogens is 1880 g/mol. The second kappa shape index (κ2) is 63.9. The minimum Gasteiger partial charge on any atom is -0.432 e. The fourth-order valence-electron chi connectivity index (χ4n) is 12.9. The molecule has 0 aliphatic heterocycles. The number of rotatable bonds is 44. The molecule has 6 rings (SSSR count). The van der Waals surface area contributed by atoms with Crippen LogP contribution in [0.4, 0.5) is 9.59 Å². The van der Waals surface area contributed by atoms with Crippen LogP contribution in [-0.4, -0.2) is 208 Å². The molecule has 0 amide bonds. The minimum atomic E-state index is -4.06. The highest BCUT2D eigenvalue weighted by molar-refractivity contribution is 7.60. The van der Waals surface area contributed by atoms with E-state index in [4.69, 9.17) is 74.7 Å². The topological polar surface area (TPSA) is 429 Å². The summed E-state index contributed by atoms with van der Waals surface area (Å²) >= 11 is 0. The van der Waals surface area contributed by atoms with Crippen molar-refractivity contribution in [3.8, 4) is 0 Å². The molecule has 5 aliphatic carbocycles. The summed E-state index contributed by atoms with van der Waals surface area (Å²) in [6.07, 6.45) is 22.3. The predicted molar refractivity (Wildman–Crippen MR) is 534 cm³/mol. The van der Waals surface area contributed by atoms with Gasteiger partial charge in [-0.15, -0.1) is 0 Å². The molecule has 0 bridgehead atoms. The highest BCUT2D eigenvalue weighted by Crippen LogP contribution is 2.56. The predicted octanol–water partition coefficient (Wildman–Crippen LogP) is 27.4. The van der Waals surface area contributed by atoms with Gasteiger partial charge in [-0.05, 0) is 307 Å². The van der Waals surface area contributed by atoms with Gasteiger partial charge in [0.1, 0.15) is 50.8 Å². The molecule has 9 atom stereocenters. The average Bonchev–Trinajstić information content (AvgIpc) is 1.37. The van der Waals surface area contributed by atoms with E-state index in [0.29, 0.717) is 80.2 Å². The lowest BCUT2D eigenvalue weighted by Gasteiger charge is -2.31. The number of hydrogen-bond donors (Lipinski definition) is 5. The van der Waals surface area contributed by atoms with Gasteiger partial charge in [-0.3, -0.25) is 45.6 Å². The van der Waals surface area contributed by atoms with Gasteiger partial charge in [0.05, 0.1) is 84.0 Å². The molecule has 1 aromatic carbocycles. The van der Waals surface area contributed by atoms with Crippen LogP contribution in [0.25, 0.3) is 0 Å². The van der Waals surface area contributed by atoms with E-state index in [2.05, 4.69) is 4.74 Å². The first-order valence-electron chi connectivity index (χ1n) is 48.0. The van der Waals surface area contributed by atoms with Gasteiger partial charge in [-0.25, -0.2) is 9.59 Å². The highest BCUT2D eigenvalue weighted by atomic mass is 31.2. The first-order chi connectivity index (χ1) is 60.4. The summed E-state index contributed by atoms with van der Waals surface area (Å²) in [7, 11) is -25.0. The summed E-state index contributed by atoms with van der Waals surface area (Å²) in [5.41, 5.74) is -1.41. The molecule has 1 aromatic rings. The Bertz CT molecular complexity index is 3680. The van der Waals surface area contributed by atoms with Crippen LogP contribution in [0.15, 0.2) is 30.3 Å². The van der Waals surface area contributed by atoms with E-state index in [1.807, 2.05) is 162 Å². The fourth-order valence-corrected chi connectivity index (χ4v) is 27.9. The van der Waals surface area contributed by atoms with Gasteiger partial charge in [0.15, 0.2) is 0 Å². The molecule has 0 heterocycles. The smallest absolute Gasteiger partial charge is 0.432 e. The zero-order valence-electron chi connectivity index (χ0n) is 88.0. The van der Waals surface area contributed by atoms with Crippen molar-refractivity contribution in [1.82, 2.24) is 0 Å². The van der Waals surface area contributed by atoms with Gasteiger partial charge in [0, 0.05) is 44.7 Å². The third kappa shape index (κ3) is 80.0. The van der Waals surface area contributed by atoms with E-state index < -0.39 is 108 Å². The molecule has 0 aromatic heterocycles. The Morgan fingerprint density at radius 3 is 0.925 bits per heavy atom. The van der Waals surface area contributed by atoms with Crippen LogP contribution < -0.4 is 0 Å². The van der Waals surface area contributed by atoms with Gasteiger partial charge in [0.2, 0.25) is 56.3 Å². The zero-order valence-corrected chi connectivity index (χ0v) is 95.1. The lowest BCUT2D eigenvalue weighted by molar-refractivity contribution is -0.141. The van der Waals surface area contributed by atoms with Gasteiger partial charge in [0.25, 0.3) is 0 Å². The molecule has 0 saturated heterocycles. The quantitative estimate of drug-likeness (QED) is 0.0230.